The quantitative estimate of drug-likeness (QED) is 0.441. The van der Waals surface area contributed by atoms with E-state index in [1.165, 1.54) is 22.3 Å². The summed E-state index contributed by atoms with van der Waals surface area (Å²) in [5.41, 5.74) is 6.11. The van der Waals surface area contributed by atoms with Gasteiger partial charge in [0.05, 0.1) is 23.3 Å². The van der Waals surface area contributed by atoms with Crippen molar-refractivity contribution in [3.8, 4) is 0 Å². The molecule has 5 heteroatoms. The normalized spacial score (nSPS) is 17.1. The van der Waals surface area contributed by atoms with Gasteiger partial charge in [-0.25, -0.2) is 4.68 Å². The first-order valence-corrected chi connectivity index (χ1v) is 12.4. The Morgan fingerprint density at radius 3 is 2.35 bits per heavy atom. The molecule has 34 heavy (non-hydrogen) atoms. The molecule has 180 valence electrons. The van der Waals surface area contributed by atoms with Crippen molar-refractivity contribution in [2.75, 3.05) is 5.32 Å². The third kappa shape index (κ3) is 4.24. The van der Waals surface area contributed by atoms with Crippen LogP contribution < -0.4 is 10.6 Å². The monoisotopic (exact) mass is 458 g/mol. The lowest BCUT2D eigenvalue weighted by Crippen LogP contribution is -2.45. The van der Waals surface area contributed by atoms with Crippen LogP contribution in [0.25, 0.3) is 0 Å². The molecule has 5 nitrogen and oxygen atoms in total. The average Bonchev–Trinajstić information content (AvgIpc) is 3.23. The van der Waals surface area contributed by atoms with E-state index in [2.05, 4.69) is 107 Å². The Morgan fingerprint density at radius 2 is 1.74 bits per heavy atom. The van der Waals surface area contributed by atoms with Crippen LogP contribution in [0, 0.1) is 20.8 Å². The topological polar surface area (TPSA) is 59.0 Å². The van der Waals surface area contributed by atoms with Crippen molar-refractivity contribution < 1.29 is 4.79 Å². The molecule has 2 N–H and O–H groups in total. The first kappa shape index (κ1) is 24.1. The summed E-state index contributed by atoms with van der Waals surface area (Å²) in [6.07, 6.45) is 4.23. The van der Waals surface area contributed by atoms with E-state index < -0.39 is 5.54 Å². The fourth-order valence-corrected chi connectivity index (χ4v) is 5.38. The van der Waals surface area contributed by atoms with Gasteiger partial charge in [-0.3, -0.25) is 4.79 Å². The van der Waals surface area contributed by atoms with Crippen LogP contribution in [0.1, 0.15) is 91.2 Å². The average molecular weight is 459 g/mol. The number of amides is 1. The number of nitrogens with zero attached hydrogens (tertiary/aromatic N) is 2. The Labute approximate surface area is 204 Å². The van der Waals surface area contributed by atoms with Gasteiger partial charge in [-0.15, -0.1) is 0 Å². The van der Waals surface area contributed by atoms with E-state index in [4.69, 9.17) is 0 Å². The molecule has 1 atom stereocenters. The first-order valence-electron chi connectivity index (χ1n) is 12.4. The highest BCUT2D eigenvalue weighted by Crippen LogP contribution is 2.41. The van der Waals surface area contributed by atoms with Crippen LogP contribution >= 0.6 is 0 Å². The van der Waals surface area contributed by atoms with Gasteiger partial charge in [-0.05, 0) is 70.6 Å². The van der Waals surface area contributed by atoms with Crippen LogP contribution in [0.3, 0.4) is 0 Å². The van der Waals surface area contributed by atoms with E-state index in [9.17, 15) is 4.79 Å². The number of anilines is 1. The van der Waals surface area contributed by atoms with Gasteiger partial charge in [0.2, 0.25) is 0 Å². The third-order valence-electron chi connectivity index (χ3n) is 7.57. The summed E-state index contributed by atoms with van der Waals surface area (Å²) < 4.78 is 1.98. The van der Waals surface area contributed by atoms with Crippen LogP contribution in [-0.2, 0) is 11.1 Å². The predicted octanol–water partition coefficient (Wildman–Crippen LogP) is 6.55. The second-order valence-electron chi connectivity index (χ2n) is 10.5. The molecule has 2 heterocycles. The number of carbonyl (C=O) groups excluding carboxylic acids is 1. The number of hydrogen-bond acceptors (Lipinski definition) is 3. The number of nitrogens with one attached hydrogen (secondary N) is 2. The number of hydrogen-bond donors (Lipinski definition) is 2. The zero-order valence-corrected chi connectivity index (χ0v) is 21.6. The second-order valence-corrected chi connectivity index (χ2v) is 10.5. The SMILES string of the molecule is CCC(CC)(NC(=O)c1cnn2c1NC(c1ccc(C)cc1C)CC2(C)C)c1ccc(C)cc1. The molecule has 4 rings (SSSR count). The summed E-state index contributed by atoms with van der Waals surface area (Å²) in [6.45, 7) is 15.0. The van der Waals surface area contributed by atoms with Gasteiger partial charge in [0.15, 0.2) is 0 Å². The number of rotatable bonds is 6. The van der Waals surface area contributed by atoms with Gasteiger partial charge in [-0.1, -0.05) is 67.4 Å². The highest BCUT2D eigenvalue weighted by Gasteiger charge is 2.38. The van der Waals surface area contributed by atoms with Crippen molar-refractivity contribution in [2.45, 2.75) is 84.8 Å². The largest absolute Gasteiger partial charge is 0.363 e. The Bertz CT molecular complexity index is 1190. The van der Waals surface area contributed by atoms with Crippen LogP contribution in [0.15, 0.2) is 48.7 Å². The summed E-state index contributed by atoms with van der Waals surface area (Å²) in [5.74, 6) is 0.707. The molecule has 0 saturated heterocycles. The number of carbonyl (C=O) groups is 1. The molecule has 0 saturated carbocycles. The predicted molar refractivity (Wildman–Crippen MR) is 139 cm³/mol. The van der Waals surface area contributed by atoms with Crippen molar-refractivity contribution in [1.82, 2.24) is 15.1 Å². The summed E-state index contributed by atoms with van der Waals surface area (Å²) in [6, 6.07) is 15.2. The van der Waals surface area contributed by atoms with Gasteiger partial charge >= 0.3 is 0 Å². The van der Waals surface area contributed by atoms with Crippen molar-refractivity contribution in [3.63, 3.8) is 0 Å². The summed E-state index contributed by atoms with van der Waals surface area (Å²) in [4.78, 5) is 13.7. The highest BCUT2D eigenvalue weighted by atomic mass is 16.1. The van der Waals surface area contributed by atoms with Crippen molar-refractivity contribution >= 4 is 11.7 Å². The van der Waals surface area contributed by atoms with Crippen LogP contribution in [0.2, 0.25) is 0 Å². The Balaban J connectivity index is 1.69. The lowest BCUT2D eigenvalue weighted by Gasteiger charge is -2.39. The zero-order valence-electron chi connectivity index (χ0n) is 21.6. The summed E-state index contributed by atoms with van der Waals surface area (Å²) in [7, 11) is 0. The lowest BCUT2D eigenvalue weighted by atomic mass is 9.84. The molecular weight excluding hydrogens is 420 g/mol. The molecule has 0 spiro atoms. The highest BCUT2D eigenvalue weighted by molar-refractivity contribution is 5.99. The second kappa shape index (κ2) is 8.94. The van der Waals surface area contributed by atoms with Crippen molar-refractivity contribution in [3.05, 3.63) is 82.0 Å². The molecule has 1 aliphatic rings. The molecule has 3 aromatic rings. The van der Waals surface area contributed by atoms with E-state index in [0.717, 1.165) is 30.6 Å². The van der Waals surface area contributed by atoms with E-state index >= 15 is 0 Å². The zero-order chi connectivity index (χ0) is 24.7. The lowest BCUT2D eigenvalue weighted by molar-refractivity contribution is 0.0890. The van der Waals surface area contributed by atoms with Gasteiger partial charge in [0.25, 0.3) is 5.91 Å². The number of benzene rings is 2. The van der Waals surface area contributed by atoms with E-state index in [1.807, 2.05) is 4.68 Å². The minimum atomic E-state index is -0.420. The molecule has 1 unspecified atom stereocenters. The third-order valence-corrected chi connectivity index (χ3v) is 7.57. The van der Waals surface area contributed by atoms with E-state index in [0.29, 0.717) is 5.56 Å². The van der Waals surface area contributed by atoms with Gasteiger partial charge in [0.1, 0.15) is 11.4 Å². The maximum atomic E-state index is 13.7. The summed E-state index contributed by atoms with van der Waals surface area (Å²) in [5, 5.41) is 11.7. The summed E-state index contributed by atoms with van der Waals surface area (Å²) >= 11 is 0. The number of fused-ring (bicyclic) bond motifs is 1. The van der Waals surface area contributed by atoms with Crippen LogP contribution in [0.5, 0.6) is 0 Å². The van der Waals surface area contributed by atoms with Gasteiger partial charge in [0, 0.05) is 0 Å². The van der Waals surface area contributed by atoms with Gasteiger partial charge < -0.3 is 10.6 Å². The fourth-order valence-electron chi connectivity index (χ4n) is 5.38. The standard InChI is InChI=1S/C29H38N4O/c1-8-29(9-2,22-13-10-19(3)11-14-22)32-27(34)24-18-30-33-26(24)31-25(17-28(33,6)7)23-15-12-20(4)16-21(23)5/h10-16,18,25,31H,8-9,17H2,1-7H3,(H,32,34). The van der Waals surface area contributed by atoms with E-state index in [1.54, 1.807) is 6.20 Å². The molecule has 1 amide bonds. The van der Waals surface area contributed by atoms with Crippen LogP contribution in [-0.4, -0.2) is 15.7 Å². The molecule has 1 aromatic heterocycles. The molecule has 0 fully saturated rings. The first-order chi connectivity index (χ1) is 16.1. The smallest absolute Gasteiger partial charge is 0.257 e. The Hall–Kier alpha value is -3.08. The number of aryl methyl sites for hydroxylation is 3. The van der Waals surface area contributed by atoms with Gasteiger partial charge in [-0.2, -0.15) is 5.10 Å². The van der Waals surface area contributed by atoms with E-state index in [-0.39, 0.29) is 17.5 Å². The fraction of sp³-hybridized carbons (Fsp3) is 0.448. The minimum Gasteiger partial charge on any atom is -0.363 e. The molecule has 0 bridgehead atoms. The molecule has 1 aliphatic heterocycles. The van der Waals surface area contributed by atoms with Crippen LogP contribution in [0.4, 0.5) is 5.82 Å². The Kier molecular flexibility index (Phi) is 6.32. The molecule has 2 aromatic carbocycles. The molecule has 0 radical (unpaired) electrons. The Morgan fingerprint density at radius 1 is 1.09 bits per heavy atom. The minimum absolute atomic E-state index is 0.0879. The number of aromatic nitrogens is 2. The van der Waals surface area contributed by atoms with Crippen molar-refractivity contribution in [1.29, 1.82) is 0 Å². The maximum Gasteiger partial charge on any atom is 0.257 e. The van der Waals surface area contributed by atoms with Crippen molar-refractivity contribution in [2.24, 2.45) is 0 Å². The molecule has 0 aliphatic carbocycles. The molecular formula is C29H38N4O. The maximum absolute atomic E-state index is 13.7.